The molecule has 1 amide bonds. The maximum atomic E-state index is 12.5. The van der Waals surface area contributed by atoms with Crippen LogP contribution in [-0.4, -0.2) is 47.0 Å². The number of ether oxygens (including phenoxy) is 3. The molecule has 0 bridgehead atoms. The molecule has 0 radical (unpaired) electrons. The lowest BCUT2D eigenvalue weighted by Crippen LogP contribution is -2.45. The molecule has 0 aromatic heterocycles. The average molecular weight is 426 g/mol. The zero-order chi connectivity index (χ0) is 22.1. The van der Waals surface area contributed by atoms with Crippen LogP contribution in [0, 0.1) is 0 Å². The van der Waals surface area contributed by atoms with Gasteiger partial charge in [0.15, 0.2) is 0 Å². The van der Waals surface area contributed by atoms with Crippen molar-refractivity contribution < 1.29 is 24.1 Å². The molecule has 4 rings (SSSR count). The molecule has 6 heteroatoms. The third kappa shape index (κ3) is 5.13. The topological polar surface area (TPSA) is 68.2 Å². The highest BCUT2D eigenvalue weighted by molar-refractivity contribution is 5.68. The zero-order valence-electron chi connectivity index (χ0n) is 18.5. The maximum Gasteiger partial charge on any atom is 0.410 e. The highest BCUT2D eigenvalue weighted by atomic mass is 16.6. The maximum absolute atomic E-state index is 12.5. The van der Waals surface area contributed by atoms with Crippen LogP contribution in [-0.2, 0) is 11.2 Å². The molecule has 0 aliphatic carbocycles. The van der Waals surface area contributed by atoms with E-state index in [9.17, 15) is 9.90 Å². The fourth-order valence-electron chi connectivity index (χ4n) is 4.21. The van der Waals surface area contributed by atoms with Crippen molar-refractivity contribution in [2.45, 2.75) is 57.3 Å². The number of likely N-dealkylation sites (tertiary alicyclic amines) is 1. The van der Waals surface area contributed by atoms with Gasteiger partial charge in [0.1, 0.15) is 22.7 Å². The first-order valence-corrected chi connectivity index (χ1v) is 10.9. The lowest BCUT2D eigenvalue weighted by atomic mass is 9.88. The van der Waals surface area contributed by atoms with Crippen molar-refractivity contribution in [2.24, 2.45) is 0 Å². The van der Waals surface area contributed by atoms with Crippen LogP contribution in [0.15, 0.2) is 48.5 Å². The quantitative estimate of drug-likeness (QED) is 0.781. The van der Waals surface area contributed by atoms with Crippen LogP contribution in [0.5, 0.6) is 11.5 Å². The highest BCUT2D eigenvalue weighted by Gasteiger charge is 2.47. The van der Waals surface area contributed by atoms with Crippen molar-refractivity contribution in [3.63, 3.8) is 0 Å². The van der Waals surface area contributed by atoms with Gasteiger partial charge in [-0.1, -0.05) is 30.3 Å². The second-order valence-electron chi connectivity index (χ2n) is 9.44. The molecule has 31 heavy (non-hydrogen) atoms. The van der Waals surface area contributed by atoms with Gasteiger partial charge in [-0.25, -0.2) is 4.79 Å². The van der Waals surface area contributed by atoms with Crippen molar-refractivity contribution in [2.75, 3.05) is 19.7 Å². The number of aliphatic hydroxyl groups is 1. The summed E-state index contributed by atoms with van der Waals surface area (Å²) < 4.78 is 17.8. The molecular weight excluding hydrogens is 394 g/mol. The summed E-state index contributed by atoms with van der Waals surface area (Å²) >= 11 is 0. The van der Waals surface area contributed by atoms with Crippen molar-refractivity contribution in [1.29, 1.82) is 0 Å². The van der Waals surface area contributed by atoms with Gasteiger partial charge in [0.05, 0.1) is 19.3 Å². The lowest BCUT2D eigenvalue weighted by molar-refractivity contribution is -0.0133. The van der Waals surface area contributed by atoms with Crippen LogP contribution in [0.2, 0.25) is 0 Å². The average Bonchev–Trinajstić information content (AvgIpc) is 3.10. The molecule has 2 aromatic rings. The van der Waals surface area contributed by atoms with Crippen LogP contribution >= 0.6 is 0 Å². The van der Waals surface area contributed by atoms with Gasteiger partial charge in [-0.3, -0.25) is 0 Å². The van der Waals surface area contributed by atoms with Gasteiger partial charge < -0.3 is 24.2 Å². The zero-order valence-corrected chi connectivity index (χ0v) is 18.5. The number of rotatable bonds is 4. The monoisotopic (exact) mass is 425 g/mol. The third-order valence-corrected chi connectivity index (χ3v) is 5.71. The van der Waals surface area contributed by atoms with Crippen LogP contribution in [0.1, 0.15) is 50.8 Å². The summed E-state index contributed by atoms with van der Waals surface area (Å²) in [6, 6.07) is 15.8. The van der Waals surface area contributed by atoms with E-state index >= 15 is 0 Å². The summed E-state index contributed by atoms with van der Waals surface area (Å²) in [5, 5.41) is 10.8. The second-order valence-corrected chi connectivity index (χ2v) is 9.44. The Hall–Kier alpha value is -2.73. The van der Waals surface area contributed by atoms with E-state index in [0.717, 1.165) is 12.0 Å². The number of carbonyl (C=O) groups excluding carboxylic acids is 1. The van der Waals surface area contributed by atoms with Crippen molar-refractivity contribution in [3.8, 4) is 11.5 Å². The fraction of sp³-hybridized carbons (Fsp3) is 0.480. The first-order chi connectivity index (χ1) is 14.7. The number of hydrogen-bond donors (Lipinski definition) is 1. The van der Waals surface area contributed by atoms with Gasteiger partial charge in [0.25, 0.3) is 0 Å². The SMILES string of the molecule is CC(C)(C)OC(=O)N1CCC2(CC(O)c3ccc(OCCc4ccccc4)cc3O2)C1. The number of nitrogens with zero attached hydrogens (tertiary/aromatic N) is 1. The minimum absolute atomic E-state index is 0.341. The first-order valence-electron chi connectivity index (χ1n) is 10.9. The lowest BCUT2D eigenvalue weighted by Gasteiger charge is -2.38. The van der Waals surface area contributed by atoms with Gasteiger partial charge in [0.2, 0.25) is 0 Å². The Labute approximate surface area is 183 Å². The number of benzene rings is 2. The van der Waals surface area contributed by atoms with Gasteiger partial charge in [-0.05, 0) is 38.5 Å². The molecule has 2 unspecified atom stereocenters. The molecule has 2 aliphatic rings. The summed E-state index contributed by atoms with van der Waals surface area (Å²) in [4.78, 5) is 14.1. The minimum atomic E-state index is -0.638. The summed E-state index contributed by atoms with van der Waals surface area (Å²) in [5.74, 6) is 1.34. The molecule has 6 nitrogen and oxygen atoms in total. The fourth-order valence-corrected chi connectivity index (χ4v) is 4.21. The predicted octanol–water partition coefficient (Wildman–Crippen LogP) is 4.50. The Morgan fingerprint density at radius 2 is 2.00 bits per heavy atom. The second kappa shape index (κ2) is 8.42. The van der Waals surface area contributed by atoms with E-state index in [1.807, 2.05) is 57.2 Å². The van der Waals surface area contributed by atoms with E-state index in [1.54, 1.807) is 4.90 Å². The summed E-state index contributed by atoms with van der Waals surface area (Å²) in [7, 11) is 0. The van der Waals surface area contributed by atoms with Crippen LogP contribution in [0.4, 0.5) is 4.79 Å². The largest absolute Gasteiger partial charge is 0.493 e. The Morgan fingerprint density at radius 3 is 2.74 bits per heavy atom. The van der Waals surface area contributed by atoms with E-state index in [4.69, 9.17) is 14.2 Å². The molecule has 2 aliphatic heterocycles. The predicted molar refractivity (Wildman–Crippen MR) is 117 cm³/mol. The number of carbonyl (C=O) groups is 1. The van der Waals surface area contributed by atoms with Crippen LogP contribution in [0.3, 0.4) is 0 Å². The van der Waals surface area contributed by atoms with Crippen molar-refractivity contribution in [3.05, 3.63) is 59.7 Å². The first kappa shape index (κ1) is 21.5. The summed E-state index contributed by atoms with van der Waals surface area (Å²) in [5.41, 5.74) is 0.834. The van der Waals surface area contributed by atoms with Gasteiger partial charge in [0, 0.05) is 37.4 Å². The number of amides is 1. The van der Waals surface area contributed by atoms with Gasteiger partial charge >= 0.3 is 6.09 Å². The van der Waals surface area contributed by atoms with Gasteiger partial charge in [-0.2, -0.15) is 0 Å². The minimum Gasteiger partial charge on any atom is -0.493 e. The standard InChI is InChI=1S/C25H31NO5/c1-24(2,3)31-23(28)26-13-12-25(17-26)16-21(27)20-10-9-19(15-22(20)30-25)29-14-11-18-7-5-4-6-8-18/h4-10,15,21,27H,11-14,16-17H2,1-3H3. The molecule has 1 fully saturated rings. The molecule has 1 saturated heterocycles. The van der Waals surface area contributed by atoms with Gasteiger partial charge in [-0.15, -0.1) is 0 Å². The van der Waals surface area contributed by atoms with E-state index in [-0.39, 0.29) is 6.09 Å². The van der Waals surface area contributed by atoms with Crippen LogP contribution in [0.25, 0.3) is 0 Å². The van der Waals surface area contributed by atoms with E-state index in [0.29, 0.717) is 44.0 Å². The molecule has 166 valence electrons. The molecular formula is C25H31NO5. The molecule has 2 aromatic carbocycles. The highest BCUT2D eigenvalue weighted by Crippen LogP contribution is 2.45. The molecule has 1 N–H and O–H groups in total. The number of hydrogen-bond acceptors (Lipinski definition) is 5. The summed E-state index contributed by atoms with van der Waals surface area (Å²) in [6.45, 7) is 7.07. The number of fused-ring (bicyclic) bond motifs is 1. The van der Waals surface area contributed by atoms with Crippen molar-refractivity contribution in [1.82, 2.24) is 4.90 Å². The molecule has 1 spiro atoms. The Morgan fingerprint density at radius 1 is 1.23 bits per heavy atom. The Kier molecular flexibility index (Phi) is 5.84. The molecule has 0 saturated carbocycles. The Balaban J connectivity index is 1.41. The van der Waals surface area contributed by atoms with Crippen LogP contribution < -0.4 is 9.47 Å². The van der Waals surface area contributed by atoms with E-state index in [2.05, 4.69) is 12.1 Å². The normalized spacial score (nSPS) is 22.7. The number of aliphatic hydroxyl groups excluding tert-OH is 1. The Bertz CT molecular complexity index is 923. The molecule has 2 heterocycles. The van der Waals surface area contributed by atoms with E-state index < -0.39 is 17.3 Å². The van der Waals surface area contributed by atoms with Crippen molar-refractivity contribution >= 4 is 6.09 Å². The molecule has 2 atom stereocenters. The summed E-state index contributed by atoms with van der Waals surface area (Å²) in [6.07, 6.45) is 0.942. The smallest absolute Gasteiger partial charge is 0.410 e. The van der Waals surface area contributed by atoms with E-state index in [1.165, 1.54) is 5.56 Å². The third-order valence-electron chi connectivity index (χ3n) is 5.71.